The number of carboxylic acid groups (broad SMARTS) is 1. The quantitative estimate of drug-likeness (QED) is 0.575. The molecule has 0 bridgehead atoms. The molecule has 1 aromatic heterocycles. The first-order valence-electron chi connectivity index (χ1n) is 3.66. The van der Waals surface area contributed by atoms with Crippen molar-refractivity contribution in [2.24, 2.45) is 5.73 Å². The number of carbonyl (C=O) groups is 1. The Morgan fingerprint density at radius 2 is 2.31 bits per heavy atom. The van der Waals surface area contributed by atoms with Gasteiger partial charge in [-0.1, -0.05) is 6.07 Å². The molecule has 5 nitrogen and oxygen atoms in total. The van der Waals surface area contributed by atoms with Crippen LogP contribution < -0.4 is 5.73 Å². The summed E-state index contributed by atoms with van der Waals surface area (Å²) in [6.45, 7) is -0.681. The van der Waals surface area contributed by atoms with E-state index >= 15 is 0 Å². The van der Waals surface area contributed by atoms with E-state index in [9.17, 15) is 4.79 Å². The van der Waals surface area contributed by atoms with Crippen LogP contribution in [-0.4, -0.2) is 27.8 Å². The summed E-state index contributed by atoms with van der Waals surface area (Å²) in [5.41, 5.74) is 3.79. The average Bonchev–Trinajstić information content (AvgIpc) is 2.17. The molecule has 1 unspecified atom stereocenters. The van der Waals surface area contributed by atoms with Gasteiger partial charge in [0, 0.05) is 6.20 Å². The van der Waals surface area contributed by atoms with Gasteiger partial charge in [0.15, 0.2) is 5.54 Å². The summed E-state index contributed by atoms with van der Waals surface area (Å²) < 4.78 is 0. The number of carboxylic acids is 1. The molecule has 1 rings (SSSR count). The van der Waals surface area contributed by atoms with E-state index in [2.05, 4.69) is 4.98 Å². The van der Waals surface area contributed by atoms with Crippen molar-refractivity contribution in [2.75, 3.05) is 6.61 Å². The molecule has 4 N–H and O–H groups in total. The minimum atomic E-state index is -1.80. The Bertz CT molecular complexity index is 302. The lowest BCUT2D eigenvalue weighted by atomic mass is 9.97. The van der Waals surface area contributed by atoms with Crippen molar-refractivity contribution in [1.29, 1.82) is 0 Å². The molecule has 0 radical (unpaired) electrons. The Labute approximate surface area is 74.8 Å². The highest BCUT2D eigenvalue weighted by molar-refractivity contribution is 5.79. The lowest BCUT2D eigenvalue weighted by molar-refractivity contribution is -0.145. The van der Waals surface area contributed by atoms with E-state index < -0.39 is 18.1 Å². The number of aliphatic hydroxyl groups excluding tert-OH is 1. The smallest absolute Gasteiger partial charge is 0.332 e. The van der Waals surface area contributed by atoms with Gasteiger partial charge >= 0.3 is 5.97 Å². The lowest BCUT2D eigenvalue weighted by Gasteiger charge is -2.20. The van der Waals surface area contributed by atoms with E-state index in [0.717, 1.165) is 0 Å². The number of aliphatic carboxylic acids is 1. The molecule has 0 aliphatic heterocycles. The third-order valence-corrected chi connectivity index (χ3v) is 1.75. The molecule has 1 aromatic rings. The summed E-state index contributed by atoms with van der Waals surface area (Å²) in [5, 5.41) is 17.6. The summed E-state index contributed by atoms with van der Waals surface area (Å²) in [7, 11) is 0. The highest BCUT2D eigenvalue weighted by Gasteiger charge is 2.36. The molecule has 0 aliphatic carbocycles. The van der Waals surface area contributed by atoms with Gasteiger partial charge in [-0.05, 0) is 12.1 Å². The van der Waals surface area contributed by atoms with Crippen LogP contribution in [0.4, 0.5) is 0 Å². The topological polar surface area (TPSA) is 96.4 Å². The van der Waals surface area contributed by atoms with Crippen molar-refractivity contribution in [3.8, 4) is 0 Å². The van der Waals surface area contributed by atoms with Crippen molar-refractivity contribution in [3.63, 3.8) is 0 Å². The zero-order valence-corrected chi connectivity index (χ0v) is 6.84. The Morgan fingerprint density at radius 1 is 1.62 bits per heavy atom. The third-order valence-electron chi connectivity index (χ3n) is 1.75. The molecule has 5 heteroatoms. The fourth-order valence-electron chi connectivity index (χ4n) is 0.885. The van der Waals surface area contributed by atoms with Crippen molar-refractivity contribution < 1.29 is 15.0 Å². The van der Waals surface area contributed by atoms with Crippen LogP contribution in [-0.2, 0) is 10.3 Å². The standard InChI is InChI=1S/C8H10N2O3/c9-8(5-11,7(12)13)6-3-1-2-4-10-6/h1-4,11H,5,9H2,(H,12,13). The van der Waals surface area contributed by atoms with Crippen LogP contribution in [0.1, 0.15) is 5.69 Å². The molecular weight excluding hydrogens is 172 g/mol. The number of hydrogen-bond donors (Lipinski definition) is 3. The second kappa shape index (κ2) is 3.51. The van der Waals surface area contributed by atoms with E-state index in [1.165, 1.54) is 12.3 Å². The number of rotatable bonds is 3. The fraction of sp³-hybridized carbons (Fsp3) is 0.250. The maximum Gasteiger partial charge on any atom is 0.332 e. The van der Waals surface area contributed by atoms with Crippen molar-refractivity contribution in [2.45, 2.75) is 5.54 Å². The van der Waals surface area contributed by atoms with Crippen molar-refractivity contribution in [3.05, 3.63) is 30.1 Å². The third kappa shape index (κ3) is 1.66. The fourth-order valence-corrected chi connectivity index (χ4v) is 0.885. The summed E-state index contributed by atoms with van der Waals surface area (Å²) in [6.07, 6.45) is 1.43. The van der Waals surface area contributed by atoms with Gasteiger partial charge < -0.3 is 15.9 Å². The van der Waals surface area contributed by atoms with Crippen molar-refractivity contribution in [1.82, 2.24) is 4.98 Å². The second-order valence-electron chi connectivity index (χ2n) is 2.65. The van der Waals surface area contributed by atoms with Crippen LogP contribution in [0.5, 0.6) is 0 Å². The van der Waals surface area contributed by atoms with Gasteiger partial charge in [0.05, 0.1) is 12.3 Å². The van der Waals surface area contributed by atoms with Crippen LogP contribution in [0.3, 0.4) is 0 Å². The first-order chi connectivity index (χ1) is 6.11. The van der Waals surface area contributed by atoms with Gasteiger partial charge in [-0.15, -0.1) is 0 Å². The van der Waals surface area contributed by atoms with Gasteiger partial charge in [-0.2, -0.15) is 0 Å². The number of pyridine rings is 1. The summed E-state index contributed by atoms with van der Waals surface area (Å²) in [6, 6.07) is 4.72. The molecule has 0 fully saturated rings. The van der Waals surface area contributed by atoms with Gasteiger partial charge in [0.25, 0.3) is 0 Å². The summed E-state index contributed by atoms with van der Waals surface area (Å²) in [5.74, 6) is -1.30. The first-order valence-corrected chi connectivity index (χ1v) is 3.66. The largest absolute Gasteiger partial charge is 0.480 e. The van der Waals surface area contributed by atoms with E-state index in [-0.39, 0.29) is 5.69 Å². The average molecular weight is 182 g/mol. The van der Waals surface area contributed by atoms with Crippen LogP contribution in [0.15, 0.2) is 24.4 Å². The Balaban J connectivity index is 3.11. The minimum absolute atomic E-state index is 0.144. The molecule has 0 amide bonds. The van der Waals surface area contributed by atoms with E-state index in [0.29, 0.717) is 0 Å². The molecule has 0 spiro atoms. The molecule has 1 atom stereocenters. The minimum Gasteiger partial charge on any atom is -0.480 e. The van der Waals surface area contributed by atoms with Gasteiger partial charge in [0.2, 0.25) is 0 Å². The van der Waals surface area contributed by atoms with Crippen LogP contribution in [0.25, 0.3) is 0 Å². The predicted molar refractivity (Wildman–Crippen MR) is 44.8 cm³/mol. The van der Waals surface area contributed by atoms with Crippen LogP contribution >= 0.6 is 0 Å². The molecule has 0 aliphatic rings. The maximum absolute atomic E-state index is 10.7. The Kier molecular flexibility index (Phi) is 2.60. The predicted octanol–water partition coefficient (Wildman–Crippen LogP) is -0.687. The zero-order chi connectivity index (χ0) is 9.90. The van der Waals surface area contributed by atoms with Crippen molar-refractivity contribution >= 4 is 5.97 Å². The molecule has 13 heavy (non-hydrogen) atoms. The van der Waals surface area contributed by atoms with Crippen LogP contribution in [0.2, 0.25) is 0 Å². The summed E-state index contributed by atoms with van der Waals surface area (Å²) >= 11 is 0. The molecule has 0 aromatic carbocycles. The number of hydrogen-bond acceptors (Lipinski definition) is 4. The highest BCUT2D eigenvalue weighted by atomic mass is 16.4. The highest BCUT2D eigenvalue weighted by Crippen LogP contribution is 2.14. The Hall–Kier alpha value is -1.46. The number of aliphatic hydroxyl groups is 1. The lowest BCUT2D eigenvalue weighted by Crippen LogP contribution is -2.48. The number of nitrogens with two attached hydrogens (primary N) is 1. The Morgan fingerprint density at radius 3 is 2.69 bits per heavy atom. The van der Waals surface area contributed by atoms with E-state index in [1.54, 1.807) is 12.1 Å². The molecular formula is C8H10N2O3. The summed E-state index contributed by atoms with van der Waals surface area (Å²) in [4.78, 5) is 14.5. The van der Waals surface area contributed by atoms with E-state index in [4.69, 9.17) is 15.9 Å². The monoisotopic (exact) mass is 182 g/mol. The number of nitrogens with zero attached hydrogens (tertiary/aromatic N) is 1. The molecule has 1 heterocycles. The van der Waals surface area contributed by atoms with Gasteiger partial charge in [-0.25, -0.2) is 4.79 Å². The van der Waals surface area contributed by atoms with Gasteiger partial charge in [-0.3, -0.25) is 4.98 Å². The first kappa shape index (κ1) is 9.63. The zero-order valence-electron chi connectivity index (χ0n) is 6.84. The molecule has 0 saturated heterocycles. The normalized spacial score (nSPS) is 14.9. The van der Waals surface area contributed by atoms with E-state index in [1.807, 2.05) is 0 Å². The SMILES string of the molecule is NC(CO)(C(=O)O)c1ccccn1. The molecule has 0 saturated carbocycles. The van der Waals surface area contributed by atoms with Gasteiger partial charge in [0.1, 0.15) is 0 Å². The molecule has 70 valence electrons. The second-order valence-corrected chi connectivity index (χ2v) is 2.65. The maximum atomic E-state index is 10.7. The number of aromatic nitrogens is 1. The van der Waals surface area contributed by atoms with Crippen LogP contribution in [0, 0.1) is 0 Å².